The van der Waals surface area contributed by atoms with Crippen LogP contribution >= 0.6 is 12.2 Å². The molecule has 0 spiro atoms. The van der Waals surface area contributed by atoms with Crippen LogP contribution in [0.15, 0.2) is 30.5 Å². The van der Waals surface area contributed by atoms with Gasteiger partial charge >= 0.3 is 0 Å². The van der Waals surface area contributed by atoms with Gasteiger partial charge in [0.2, 0.25) is 0 Å². The first kappa shape index (κ1) is 13.1. The van der Waals surface area contributed by atoms with Crippen molar-refractivity contribution in [2.45, 2.75) is 39.7 Å². The molecule has 2 rings (SSSR count). The van der Waals surface area contributed by atoms with E-state index in [0.29, 0.717) is 5.92 Å². The molecule has 1 aromatic carbocycles. The topological polar surface area (TPSA) is 20.7 Å². The molecule has 0 aliphatic heterocycles. The molecule has 0 fully saturated rings. The Labute approximate surface area is 114 Å². The monoisotopic (exact) mass is 260 g/mol. The SMILES string of the molecule is CCc1ccc(Cn2c(C(C)C)c[nH]c2=S)cc1. The average molecular weight is 260 g/mol. The Morgan fingerprint density at radius 2 is 1.78 bits per heavy atom. The number of aromatic nitrogens is 2. The zero-order valence-corrected chi connectivity index (χ0v) is 12.1. The van der Waals surface area contributed by atoms with Crippen molar-refractivity contribution < 1.29 is 0 Å². The number of aromatic amines is 1. The van der Waals surface area contributed by atoms with Gasteiger partial charge in [-0.2, -0.15) is 0 Å². The molecular weight excluding hydrogens is 240 g/mol. The smallest absolute Gasteiger partial charge is 0.177 e. The first-order valence-corrected chi connectivity index (χ1v) is 6.88. The molecular formula is C15H20N2S. The van der Waals surface area contributed by atoms with Gasteiger partial charge in [0.15, 0.2) is 4.77 Å². The lowest BCUT2D eigenvalue weighted by molar-refractivity contribution is 0.684. The highest BCUT2D eigenvalue weighted by Gasteiger charge is 2.08. The van der Waals surface area contributed by atoms with E-state index < -0.39 is 0 Å². The van der Waals surface area contributed by atoms with Crippen molar-refractivity contribution in [1.82, 2.24) is 9.55 Å². The highest BCUT2D eigenvalue weighted by atomic mass is 32.1. The third kappa shape index (κ3) is 2.72. The van der Waals surface area contributed by atoms with Crippen molar-refractivity contribution >= 4 is 12.2 Å². The van der Waals surface area contributed by atoms with Crippen molar-refractivity contribution in [2.75, 3.05) is 0 Å². The van der Waals surface area contributed by atoms with Gasteiger partial charge in [-0.1, -0.05) is 45.0 Å². The van der Waals surface area contributed by atoms with Crippen LogP contribution in [0, 0.1) is 4.77 Å². The van der Waals surface area contributed by atoms with E-state index >= 15 is 0 Å². The molecule has 0 saturated carbocycles. The number of imidazole rings is 1. The summed E-state index contributed by atoms with van der Waals surface area (Å²) in [5.41, 5.74) is 3.94. The molecule has 2 aromatic rings. The molecule has 18 heavy (non-hydrogen) atoms. The van der Waals surface area contributed by atoms with Crippen LogP contribution in [0.25, 0.3) is 0 Å². The second-order valence-corrected chi connectivity index (χ2v) is 5.32. The maximum atomic E-state index is 5.35. The van der Waals surface area contributed by atoms with Gasteiger partial charge in [0, 0.05) is 11.9 Å². The van der Waals surface area contributed by atoms with Gasteiger partial charge in [-0.15, -0.1) is 0 Å². The van der Waals surface area contributed by atoms with E-state index in [1.807, 2.05) is 6.20 Å². The maximum Gasteiger partial charge on any atom is 0.177 e. The first-order chi connectivity index (χ1) is 8.61. The van der Waals surface area contributed by atoms with Gasteiger partial charge in [0.05, 0.1) is 6.54 Å². The van der Waals surface area contributed by atoms with Crippen molar-refractivity contribution in [3.05, 3.63) is 52.1 Å². The van der Waals surface area contributed by atoms with Gasteiger partial charge < -0.3 is 9.55 Å². The number of benzene rings is 1. The minimum absolute atomic E-state index is 0.480. The molecule has 3 heteroatoms. The molecule has 96 valence electrons. The average Bonchev–Trinajstić information content (AvgIpc) is 2.72. The van der Waals surface area contributed by atoms with Gasteiger partial charge in [0.25, 0.3) is 0 Å². The second kappa shape index (κ2) is 5.53. The summed E-state index contributed by atoms with van der Waals surface area (Å²) in [4.78, 5) is 3.14. The lowest BCUT2D eigenvalue weighted by Crippen LogP contribution is -2.05. The summed E-state index contributed by atoms with van der Waals surface area (Å²) >= 11 is 5.35. The largest absolute Gasteiger partial charge is 0.337 e. The highest BCUT2D eigenvalue weighted by Crippen LogP contribution is 2.16. The summed E-state index contributed by atoms with van der Waals surface area (Å²) in [7, 11) is 0. The summed E-state index contributed by atoms with van der Waals surface area (Å²) in [5.74, 6) is 0.480. The minimum atomic E-state index is 0.480. The molecule has 0 bridgehead atoms. The number of H-pyrrole nitrogens is 1. The number of aryl methyl sites for hydroxylation is 1. The standard InChI is InChI=1S/C15H20N2S/c1-4-12-5-7-13(8-6-12)10-17-14(11(2)3)9-16-15(17)18/h5-9,11H,4,10H2,1-3H3,(H,16,18). The molecule has 0 radical (unpaired) electrons. The fourth-order valence-corrected chi connectivity index (χ4v) is 2.34. The molecule has 2 nitrogen and oxygen atoms in total. The molecule has 0 saturated heterocycles. The molecule has 0 aliphatic rings. The minimum Gasteiger partial charge on any atom is -0.337 e. The third-order valence-corrected chi connectivity index (χ3v) is 3.60. The number of hydrogen-bond donors (Lipinski definition) is 1. The highest BCUT2D eigenvalue weighted by molar-refractivity contribution is 7.71. The van der Waals surface area contributed by atoms with E-state index in [1.165, 1.54) is 16.8 Å². The van der Waals surface area contributed by atoms with E-state index in [0.717, 1.165) is 17.7 Å². The lowest BCUT2D eigenvalue weighted by Gasteiger charge is -2.11. The Hall–Kier alpha value is -1.35. The molecule has 0 amide bonds. The number of rotatable bonds is 4. The van der Waals surface area contributed by atoms with Gasteiger partial charge in [-0.3, -0.25) is 0 Å². The van der Waals surface area contributed by atoms with Crippen LogP contribution in [0.1, 0.15) is 43.5 Å². The Morgan fingerprint density at radius 1 is 1.17 bits per heavy atom. The summed E-state index contributed by atoms with van der Waals surface area (Å²) in [6.45, 7) is 7.40. The van der Waals surface area contributed by atoms with Crippen molar-refractivity contribution in [1.29, 1.82) is 0 Å². The van der Waals surface area contributed by atoms with Crippen molar-refractivity contribution in [3.8, 4) is 0 Å². The van der Waals surface area contributed by atoms with Crippen LogP contribution in [-0.2, 0) is 13.0 Å². The molecule has 0 aliphatic carbocycles. The van der Waals surface area contributed by atoms with E-state index in [-0.39, 0.29) is 0 Å². The second-order valence-electron chi connectivity index (χ2n) is 4.93. The zero-order valence-electron chi connectivity index (χ0n) is 11.2. The third-order valence-electron chi connectivity index (χ3n) is 3.26. The Morgan fingerprint density at radius 3 is 2.33 bits per heavy atom. The number of nitrogens with one attached hydrogen (secondary N) is 1. The normalized spacial score (nSPS) is 11.1. The van der Waals surface area contributed by atoms with Crippen LogP contribution < -0.4 is 0 Å². The fraction of sp³-hybridized carbons (Fsp3) is 0.400. The van der Waals surface area contributed by atoms with Crippen LogP contribution in [0.5, 0.6) is 0 Å². The molecule has 0 unspecified atom stereocenters. The fourth-order valence-electron chi connectivity index (χ4n) is 2.11. The predicted octanol–water partition coefficient (Wildman–Crippen LogP) is 4.28. The van der Waals surface area contributed by atoms with E-state index in [1.54, 1.807) is 0 Å². The molecule has 1 aromatic heterocycles. The summed E-state index contributed by atoms with van der Waals surface area (Å²) in [6.07, 6.45) is 3.11. The van der Waals surface area contributed by atoms with E-state index in [4.69, 9.17) is 12.2 Å². The Bertz CT molecular complexity index is 561. The zero-order chi connectivity index (χ0) is 13.1. The van der Waals surface area contributed by atoms with Crippen LogP contribution in [0.3, 0.4) is 0 Å². The van der Waals surface area contributed by atoms with Crippen LogP contribution in [0.2, 0.25) is 0 Å². The van der Waals surface area contributed by atoms with Crippen molar-refractivity contribution in [2.24, 2.45) is 0 Å². The van der Waals surface area contributed by atoms with Crippen molar-refractivity contribution in [3.63, 3.8) is 0 Å². The molecule has 1 heterocycles. The van der Waals surface area contributed by atoms with Crippen LogP contribution in [-0.4, -0.2) is 9.55 Å². The summed E-state index contributed by atoms with van der Waals surface area (Å²) < 4.78 is 2.99. The maximum absolute atomic E-state index is 5.35. The Balaban J connectivity index is 2.27. The number of nitrogens with zero attached hydrogens (tertiary/aromatic N) is 1. The molecule has 1 N–H and O–H groups in total. The lowest BCUT2D eigenvalue weighted by atomic mass is 10.1. The van der Waals surface area contributed by atoms with Crippen LogP contribution in [0.4, 0.5) is 0 Å². The van der Waals surface area contributed by atoms with E-state index in [2.05, 4.69) is 54.6 Å². The van der Waals surface area contributed by atoms with Gasteiger partial charge in [0.1, 0.15) is 0 Å². The first-order valence-electron chi connectivity index (χ1n) is 6.47. The van der Waals surface area contributed by atoms with Gasteiger partial charge in [-0.25, -0.2) is 0 Å². The molecule has 0 atom stereocenters. The van der Waals surface area contributed by atoms with Gasteiger partial charge in [-0.05, 0) is 35.7 Å². The summed E-state index contributed by atoms with van der Waals surface area (Å²) in [5, 5.41) is 0. The Kier molecular flexibility index (Phi) is 4.02. The predicted molar refractivity (Wildman–Crippen MR) is 78.6 cm³/mol. The number of hydrogen-bond acceptors (Lipinski definition) is 1. The quantitative estimate of drug-likeness (QED) is 0.814. The summed E-state index contributed by atoms with van der Waals surface area (Å²) in [6, 6.07) is 8.77. The van der Waals surface area contributed by atoms with E-state index in [9.17, 15) is 0 Å².